The zero-order valence-electron chi connectivity index (χ0n) is 13.4. The van der Waals surface area contributed by atoms with Crippen LogP contribution in [-0.4, -0.2) is 23.3 Å². The van der Waals surface area contributed by atoms with Gasteiger partial charge in [-0.05, 0) is 17.7 Å². The second kappa shape index (κ2) is 5.92. The third-order valence-corrected chi connectivity index (χ3v) is 5.51. The van der Waals surface area contributed by atoms with Crippen LogP contribution < -0.4 is 21.0 Å². The lowest BCUT2D eigenvalue weighted by Gasteiger charge is -2.19. The van der Waals surface area contributed by atoms with Crippen molar-refractivity contribution in [1.29, 1.82) is 0 Å². The zero-order valence-corrected chi connectivity index (χ0v) is 14.2. The number of hydrogen-bond acceptors (Lipinski definition) is 5. The van der Waals surface area contributed by atoms with E-state index in [0.717, 1.165) is 40.3 Å². The average molecular weight is 343 g/mol. The monoisotopic (exact) mass is 343 g/mol. The largest absolute Gasteiger partial charge is 0.486 e. The summed E-state index contributed by atoms with van der Waals surface area (Å²) in [5.74, 6) is 7.16. The van der Waals surface area contributed by atoms with Gasteiger partial charge < -0.3 is 15.5 Å². The molecule has 0 radical (unpaired) electrons. The zero-order chi connectivity index (χ0) is 16.7. The van der Waals surface area contributed by atoms with Gasteiger partial charge in [0.2, 0.25) is 0 Å². The lowest BCUT2D eigenvalue weighted by molar-refractivity contribution is -0.895. The topological polar surface area (TPSA) is 74.6 Å². The van der Waals surface area contributed by atoms with Gasteiger partial charge in [-0.15, -0.1) is 11.3 Å². The maximum absolute atomic E-state index is 12.7. The smallest absolute Gasteiger partial charge is 0.281 e. The van der Waals surface area contributed by atoms with Crippen LogP contribution in [0.25, 0.3) is 10.2 Å². The SMILES string of the molecule is C[NH+]1CCc2c(sc3nc(COc4ccccc4)n(N)c(=O)c23)C1. The van der Waals surface area contributed by atoms with Gasteiger partial charge in [-0.25, -0.2) is 9.66 Å². The molecule has 0 amide bonds. The van der Waals surface area contributed by atoms with Crippen LogP contribution in [0.15, 0.2) is 35.1 Å². The first-order chi connectivity index (χ1) is 11.6. The minimum absolute atomic E-state index is 0.166. The fraction of sp³-hybridized carbons (Fsp3) is 0.294. The van der Waals surface area contributed by atoms with E-state index in [2.05, 4.69) is 12.0 Å². The minimum Gasteiger partial charge on any atom is -0.486 e. The lowest BCUT2D eigenvalue weighted by Crippen LogP contribution is -3.08. The number of likely N-dealkylation sites (N-methyl/N-ethyl adjacent to an activating group) is 1. The molecule has 3 heterocycles. The van der Waals surface area contributed by atoms with Crippen molar-refractivity contribution >= 4 is 21.6 Å². The number of quaternary nitrogens is 1. The maximum Gasteiger partial charge on any atom is 0.281 e. The summed E-state index contributed by atoms with van der Waals surface area (Å²) < 4.78 is 6.82. The Morgan fingerprint density at radius 2 is 2.17 bits per heavy atom. The Morgan fingerprint density at radius 3 is 2.96 bits per heavy atom. The Labute approximate surface area is 143 Å². The molecular weight excluding hydrogens is 324 g/mol. The molecule has 1 aliphatic heterocycles. The Kier molecular flexibility index (Phi) is 3.74. The van der Waals surface area contributed by atoms with E-state index in [9.17, 15) is 4.79 Å². The summed E-state index contributed by atoms with van der Waals surface area (Å²) in [6.45, 7) is 2.14. The Balaban J connectivity index is 1.73. The average Bonchev–Trinajstić information content (AvgIpc) is 2.95. The second-order valence-corrected chi connectivity index (χ2v) is 7.21. The van der Waals surface area contributed by atoms with Gasteiger partial charge >= 0.3 is 0 Å². The summed E-state index contributed by atoms with van der Waals surface area (Å²) in [6.07, 6.45) is 0.901. The fourth-order valence-electron chi connectivity index (χ4n) is 3.08. The van der Waals surface area contributed by atoms with E-state index in [-0.39, 0.29) is 12.2 Å². The number of fused-ring (bicyclic) bond motifs is 3. The third kappa shape index (κ3) is 2.55. The molecule has 1 atom stereocenters. The molecule has 6 nitrogen and oxygen atoms in total. The molecule has 0 spiro atoms. The predicted molar refractivity (Wildman–Crippen MR) is 94.0 cm³/mol. The molecule has 0 fully saturated rings. The van der Waals surface area contributed by atoms with E-state index in [0.29, 0.717) is 11.2 Å². The molecule has 1 unspecified atom stereocenters. The highest BCUT2D eigenvalue weighted by molar-refractivity contribution is 7.18. The number of nitrogens with zero attached hydrogens (tertiary/aromatic N) is 2. The number of thiophene rings is 1. The maximum atomic E-state index is 12.7. The second-order valence-electron chi connectivity index (χ2n) is 6.12. The molecule has 124 valence electrons. The Bertz CT molecular complexity index is 949. The molecule has 0 saturated heterocycles. The van der Waals surface area contributed by atoms with Gasteiger partial charge in [0, 0.05) is 6.42 Å². The molecule has 2 aromatic heterocycles. The third-order valence-electron chi connectivity index (χ3n) is 4.39. The summed E-state index contributed by atoms with van der Waals surface area (Å²) in [5.41, 5.74) is 0.955. The first kappa shape index (κ1) is 15.2. The van der Waals surface area contributed by atoms with E-state index < -0.39 is 0 Å². The number of aromatic nitrogens is 2. The molecule has 0 saturated carbocycles. The van der Waals surface area contributed by atoms with Gasteiger partial charge in [0.05, 0.1) is 23.9 Å². The summed E-state index contributed by atoms with van der Waals surface area (Å²) in [7, 11) is 2.17. The van der Waals surface area contributed by atoms with Gasteiger partial charge in [-0.2, -0.15) is 0 Å². The van der Waals surface area contributed by atoms with Crippen LogP contribution in [0, 0.1) is 0 Å². The standard InChI is InChI=1S/C17H18N4O2S/c1-20-8-7-12-13(9-20)24-16-15(12)17(22)21(18)14(19-16)10-23-11-5-3-2-4-6-11/h2-6H,7-10,18H2,1H3/p+1. The minimum atomic E-state index is -0.177. The summed E-state index contributed by atoms with van der Waals surface area (Å²) >= 11 is 1.61. The van der Waals surface area contributed by atoms with E-state index in [1.807, 2.05) is 30.3 Å². The van der Waals surface area contributed by atoms with Gasteiger partial charge in [0.1, 0.15) is 23.7 Å². The van der Waals surface area contributed by atoms with Crippen molar-refractivity contribution in [3.05, 3.63) is 57.0 Å². The van der Waals surface area contributed by atoms with Gasteiger partial charge in [0.25, 0.3) is 5.56 Å². The molecular formula is C17H19N4O2S+. The van der Waals surface area contributed by atoms with Crippen molar-refractivity contribution < 1.29 is 9.64 Å². The number of rotatable bonds is 3. The van der Waals surface area contributed by atoms with Crippen LogP contribution in [0.1, 0.15) is 16.3 Å². The van der Waals surface area contributed by atoms with Crippen molar-refractivity contribution in [3.63, 3.8) is 0 Å². The first-order valence-electron chi connectivity index (χ1n) is 7.94. The fourth-order valence-corrected chi connectivity index (χ4v) is 4.42. The van der Waals surface area contributed by atoms with E-state index in [1.165, 1.54) is 9.78 Å². The van der Waals surface area contributed by atoms with Gasteiger partial charge in [-0.1, -0.05) is 18.2 Å². The number of benzene rings is 1. The van der Waals surface area contributed by atoms with Crippen molar-refractivity contribution in [2.75, 3.05) is 19.4 Å². The van der Waals surface area contributed by atoms with Crippen LogP contribution in [0.4, 0.5) is 0 Å². The Hall–Kier alpha value is -2.38. The van der Waals surface area contributed by atoms with Crippen molar-refractivity contribution in [2.45, 2.75) is 19.6 Å². The van der Waals surface area contributed by atoms with E-state index >= 15 is 0 Å². The number of ether oxygens (including phenoxy) is 1. The molecule has 7 heteroatoms. The Morgan fingerprint density at radius 1 is 1.38 bits per heavy atom. The van der Waals surface area contributed by atoms with Crippen LogP contribution >= 0.6 is 11.3 Å². The summed E-state index contributed by atoms with van der Waals surface area (Å²) in [4.78, 5) is 20.8. The van der Waals surface area contributed by atoms with Gasteiger partial charge in [-0.3, -0.25) is 4.79 Å². The first-order valence-corrected chi connectivity index (χ1v) is 8.75. The predicted octanol–water partition coefficient (Wildman–Crippen LogP) is 0.322. The molecule has 3 aromatic rings. The number of hydrogen-bond donors (Lipinski definition) is 2. The highest BCUT2D eigenvalue weighted by Crippen LogP contribution is 2.29. The quantitative estimate of drug-likeness (QED) is 0.672. The van der Waals surface area contributed by atoms with Crippen molar-refractivity contribution in [1.82, 2.24) is 9.66 Å². The van der Waals surface area contributed by atoms with Crippen molar-refractivity contribution in [2.24, 2.45) is 0 Å². The molecule has 0 bridgehead atoms. The van der Waals surface area contributed by atoms with Crippen LogP contribution in [0.3, 0.4) is 0 Å². The molecule has 1 aliphatic rings. The lowest BCUT2D eigenvalue weighted by atomic mass is 10.1. The molecule has 0 aliphatic carbocycles. The number of nitrogen functional groups attached to an aromatic ring is 1. The number of nitrogens with two attached hydrogens (primary N) is 1. The molecule has 1 aromatic carbocycles. The summed E-state index contributed by atoms with van der Waals surface area (Å²) in [6, 6.07) is 9.44. The molecule has 4 rings (SSSR count). The molecule has 3 N–H and O–H groups in total. The molecule has 24 heavy (non-hydrogen) atoms. The van der Waals surface area contributed by atoms with E-state index in [1.54, 1.807) is 11.3 Å². The highest BCUT2D eigenvalue weighted by Gasteiger charge is 2.25. The normalized spacial score (nSPS) is 17.0. The number of para-hydroxylation sites is 1. The van der Waals surface area contributed by atoms with Crippen molar-refractivity contribution in [3.8, 4) is 5.75 Å². The number of nitrogens with one attached hydrogen (secondary N) is 1. The van der Waals surface area contributed by atoms with E-state index in [4.69, 9.17) is 10.6 Å². The summed E-state index contributed by atoms with van der Waals surface area (Å²) in [5, 5.41) is 0.688. The highest BCUT2D eigenvalue weighted by atomic mass is 32.1. The van der Waals surface area contributed by atoms with Crippen LogP contribution in [0.5, 0.6) is 5.75 Å². The van der Waals surface area contributed by atoms with Crippen LogP contribution in [-0.2, 0) is 19.6 Å². The van der Waals surface area contributed by atoms with Crippen LogP contribution in [0.2, 0.25) is 0 Å². The van der Waals surface area contributed by atoms with Gasteiger partial charge in [0.15, 0.2) is 5.82 Å².